The quantitative estimate of drug-likeness (QED) is 0.613. The number of amides is 1. The van der Waals surface area contributed by atoms with Crippen LogP contribution in [0.5, 0.6) is 11.5 Å². The van der Waals surface area contributed by atoms with E-state index in [9.17, 15) is 9.59 Å². The van der Waals surface area contributed by atoms with Gasteiger partial charge >= 0.3 is 0 Å². The maximum absolute atomic E-state index is 11.6. The van der Waals surface area contributed by atoms with Crippen LogP contribution in [-0.4, -0.2) is 32.0 Å². The lowest BCUT2D eigenvalue weighted by atomic mass is 10.2. The first kappa shape index (κ1) is 14.6. The SMILES string of the molecule is C#CCNC(=O)C(C)Oc1cc(C=O)ccc1OC. The van der Waals surface area contributed by atoms with Crippen LogP contribution in [-0.2, 0) is 4.79 Å². The lowest BCUT2D eigenvalue weighted by molar-refractivity contribution is -0.127. The number of carbonyl (C=O) groups excluding carboxylic acids is 2. The predicted molar refractivity (Wildman–Crippen MR) is 70.3 cm³/mol. The van der Waals surface area contributed by atoms with Gasteiger partial charge in [-0.3, -0.25) is 9.59 Å². The Kier molecular flexibility index (Phi) is 5.42. The normalized spacial score (nSPS) is 11.0. The minimum Gasteiger partial charge on any atom is -0.493 e. The van der Waals surface area contributed by atoms with Gasteiger partial charge in [0, 0.05) is 5.56 Å². The summed E-state index contributed by atoms with van der Waals surface area (Å²) < 4.78 is 10.6. The summed E-state index contributed by atoms with van der Waals surface area (Å²) in [4.78, 5) is 22.3. The summed E-state index contributed by atoms with van der Waals surface area (Å²) in [5.74, 6) is 2.74. The van der Waals surface area contributed by atoms with E-state index in [1.165, 1.54) is 13.2 Å². The first-order valence-electron chi connectivity index (χ1n) is 5.63. The molecule has 0 aliphatic rings. The fraction of sp³-hybridized carbons (Fsp3) is 0.286. The number of terminal acetylenes is 1. The van der Waals surface area contributed by atoms with E-state index in [4.69, 9.17) is 15.9 Å². The van der Waals surface area contributed by atoms with E-state index < -0.39 is 6.10 Å². The van der Waals surface area contributed by atoms with Gasteiger partial charge in [0.1, 0.15) is 6.29 Å². The Morgan fingerprint density at radius 3 is 2.84 bits per heavy atom. The molecule has 1 aromatic carbocycles. The molecule has 0 aliphatic carbocycles. The summed E-state index contributed by atoms with van der Waals surface area (Å²) in [5.41, 5.74) is 0.437. The largest absolute Gasteiger partial charge is 0.493 e. The molecule has 0 aliphatic heterocycles. The Hall–Kier alpha value is -2.48. The number of hydrogen-bond donors (Lipinski definition) is 1. The van der Waals surface area contributed by atoms with Gasteiger partial charge in [0.2, 0.25) is 0 Å². The molecule has 100 valence electrons. The van der Waals surface area contributed by atoms with E-state index in [-0.39, 0.29) is 12.5 Å². The lowest BCUT2D eigenvalue weighted by Crippen LogP contribution is -2.36. The number of aldehydes is 1. The van der Waals surface area contributed by atoms with Crippen LogP contribution in [0.15, 0.2) is 18.2 Å². The topological polar surface area (TPSA) is 64.6 Å². The highest BCUT2D eigenvalue weighted by atomic mass is 16.5. The van der Waals surface area contributed by atoms with Crippen molar-refractivity contribution in [2.45, 2.75) is 13.0 Å². The Bertz CT molecular complexity index is 505. The van der Waals surface area contributed by atoms with E-state index in [1.807, 2.05) is 0 Å². The zero-order chi connectivity index (χ0) is 14.3. The minimum atomic E-state index is -0.746. The number of methoxy groups -OCH3 is 1. The molecule has 0 bridgehead atoms. The average molecular weight is 261 g/mol. The second-order valence-corrected chi connectivity index (χ2v) is 3.71. The second kappa shape index (κ2) is 7.07. The molecular formula is C14H15NO4. The number of ether oxygens (including phenoxy) is 2. The van der Waals surface area contributed by atoms with Crippen molar-refractivity contribution in [2.24, 2.45) is 0 Å². The maximum atomic E-state index is 11.6. The van der Waals surface area contributed by atoms with Crippen molar-refractivity contribution in [2.75, 3.05) is 13.7 Å². The van der Waals surface area contributed by atoms with Gasteiger partial charge in [-0.2, -0.15) is 0 Å². The summed E-state index contributed by atoms with van der Waals surface area (Å²) in [6, 6.07) is 4.71. The number of carbonyl (C=O) groups is 2. The second-order valence-electron chi connectivity index (χ2n) is 3.71. The molecule has 5 heteroatoms. The zero-order valence-electron chi connectivity index (χ0n) is 10.8. The van der Waals surface area contributed by atoms with Gasteiger partial charge in [-0.05, 0) is 25.1 Å². The average Bonchev–Trinajstić information content (AvgIpc) is 2.44. The number of rotatable bonds is 6. The van der Waals surface area contributed by atoms with Gasteiger partial charge in [-0.1, -0.05) is 5.92 Å². The van der Waals surface area contributed by atoms with Gasteiger partial charge < -0.3 is 14.8 Å². The third kappa shape index (κ3) is 4.03. The maximum Gasteiger partial charge on any atom is 0.261 e. The molecular weight excluding hydrogens is 246 g/mol. The fourth-order valence-corrected chi connectivity index (χ4v) is 1.38. The van der Waals surface area contributed by atoms with Crippen LogP contribution >= 0.6 is 0 Å². The minimum absolute atomic E-state index is 0.137. The summed E-state index contributed by atoms with van der Waals surface area (Å²) in [5, 5.41) is 2.51. The molecule has 1 atom stereocenters. The smallest absolute Gasteiger partial charge is 0.261 e. The third-order valence-corrected chi connectivity index (χ3v) is 2.36. The fourth-order valence-electron chi connectivity index (χ4n) is 1.38. The van der Waals surface area contributed by atoms with Crippen LogP contribution in [0.1, 0.15) is 17.3 Å². The van der Waals surface area contributed by atoms with Crippen LogP contribution in [0.4, 0.5) is 0 Å². The third-order valence-electron chi connectivity index (χ3n) is 2.36. The molecule has 1 rings (SSSR count). The van der Waals surface area contributed by atoms with Gasteiger partial charge in [0.05, 0.1) is 13.7 Å². The molecule has 0 fully saturated rings. The van der Waals surface area contributed by atoms with Crippen molar-refractivity contribution in [3.63, 3.8) is 0 Å². The molecule has 1 unspecified atom stereocenters. The molecule has 5 nitrogen and oxygen atoms in total. The van der Waals surface area contributed by atoms with Crippen molar-refractivity contribution in [3.8, 4) is 23.8 Å². The van der Waals surface area contributed by atoms with Crippen molar-refractivity contribution < 1.29 is 19.1 Å². The van der Waals surface area contributed by atoms with E-state index in [2.05, 4.69) is 11.2 Å². The van der Waals surface area contributed by atoms with Crippen LogP contribution < -0.4 is 14.8 Å². The Morgan fingerprint density at radius 2 is 2.26 bits per heavy atom. The molecule has 0 spiro atoms. The van der Waals surface area contributed by atoms with Gasteiger partial charge in [0.25, 0.3) is 5.91 Å². The highest BCUT2D eigenvalue weighted by molar-refractivity contribution is 5.81. The van der Waals surface area contributed by atoms with Gasteiger partial charge in [-0.15, -0.1) is 6.42 Å². The van der Waals surface area contributed by atoms with Crippen molar-refractivity contribution >= 4 is 12.2 Å². The molecule has 0 aromatic heterocycles. The van der Waals surface area contributed by atoms with E-state index in [0.717, 1.165) is 0 Å². The molecule has 0 heterocycles. The monoisotopic (exact) mass is 261 g/mol. The molecule has 0 saturated heterocycles. The van der Waals surface area contributed by atoms with E-state index in [1.54, 1.807) is 19.1 Å². The molecule has 0 radical (unpaired) electrons. The van der Waals surface area contributed by atoms with Crippen LogP contribution in [0.2, 0.25) is 0 Å². The van der Waals surface area contributed by atoms with Crippen LogP contribution in [0, 0.1) is 12.3 Å². The highest BCUT2D eigenvalue weighted by Gasteiger charge is 2.16. The Balaban J connectivity index is 2.82. The molecule has 1 N–H and O–H groups in total. The summed E-state index contributed by atoms with van der Waals surface area (Å²) in [7, 11) is 1.48. The van der Waals surface area contributed by atoms with Crippen molar-refractivity contribution in [3.05, 3.63) is 23.8 Å². The summed E-state index contributed by atoms with van der Waals surface area (Å²) in [6.07, 6.45) is 4.99. The highest BCUT2D eigenvalue weighted by Crippen LogP contribution is 2.28. The molecule has 1 aromatic rings. The first-order valence-corrected chi connectivity index (χ1v) is 5.63. The standard InChI is InChI=1S/C14H15NO4/c1-4-7-15-14(17)10(2)19-13-8-11(9-16)5-6-12(13)18-3/h1,5-6,8-10H,7H2,2-3H3,(H,15,17). The first-order chi connectivity index (χ1) is 9.12. The molecule has 1 amide bonds. The lowest BCUT2D eigenvalue weighted by Gasteiger charge is -2.16. The number of nitrogens with one attached hydrogen (secondary N) is 1. The molecule has 19 heavy (non-hydrogen) atoms. The summed E-state index contributed by atoms with van der Waals surface area (Å²) >= 11 is 0. The van der Waals surface area contributed by atoms with E-state index in [0.29, 0.717) is 23.3 Å². The van der Waals surface area contributed by atoms with Crippen molar-refractivity contribution in [1.82, 2.24) is 5.32 Å². The Labute approximate surface area is 111 Å². The van der Waals surface area contributed by atoms with Gasteiger partial charge in [-0.25, -0.2) is 0 Å². The summed E-state index contributed by atoms with van der Waals surface area (Å²) in [6.45, 7) is 1.72. The Morgan fingerprint density at radius 1 is 1.53 bits per heavy atom. The molecule has 0 saturated carbocycles. The number of hydrogen-bond acceptors (Lipinski definition) is 4. The zero-order valence-corrected chi connectivity index (χ0v) is 10.8. The van der Waals surface area contributed by atoms with E-state index >= 15 is 0 Å². The van der Waals surface area contributed by atoms with Crippen LogP contribution in [0.25, 0.3) is 0 Å². The predicted octanol–water partition coefficient (Wildman–Crippen LogP) is 1.02. The van der Waals surface area contributed by atoms with Crippen LogP contribution in [0.3, 0.4) is 0 Å². The number of benzene rings is 1. The van der Waals surface area contributed by atoms with Gasteiger partial charge in [0.15, 0.2) is 17.6 Å². The van der Waals surface area contributed by atoms with Crippen molar-refractivity contribution in [1.29, 1.82) is 0 Å².